The molecule has 0 spiro atoms. The lowest BCUT2D eigenvalue weighted by Gasteiger charge is -2.10. The van der Waals surface area contributed by atoms with Crippen LogP contribution in [0.1, 0.15) is 37.8 Å². The Balaban J connectivity index is 2.51. The van der Waals surface area contributed by atoms with E-state index in [9.17, 15) is 4.79 Å². The Morgan fingerprint density at radius 2 is 2.21 bits per heavy atom. The van der Waals surface area contributed by atoms with Gasteiger partial charge in [0.15, 0.2) is 0 Å². The number of carbonyl (C=O) groups excluding carboxylic acids is 1. The summed E-state index contributed by atoms with van der Waals surface area (Å²) in [6, 6.07) is 6.06. The zero-order chi connectivity index (χ0) is 14.3. The molecular weight excluding hydrogens is 240 g/mol. The third-order valence-electron chi connectivity index (χ3n) is 3.04. The highest BCUT2D eigenvalue weighted by Gasteiger charge is 2.05. The van der Waals surface area contributed by atoms with Crippen molar-refractivity contribution in [1.82, 2.24) is 5.32 Å². The summed E-state index contributed by atoms with van der Waals surface area (Å²) in [6.07, 6.45) is 2.11. The SMILES string of the molecule is CCc1cc(CNC(=O)CCC(C)N)ccc1OC. The fourth-order valence-corrected chi connectivity index (χ4v) is 1.87. The molecule has 0 radical (unpaired) electrons. The van der Waals surface area contributed by atoms with Gasteiger partial charge in [0.25, 0.3) is 0 Å². The molecule has 4 nitrogen and oxygen atoms in total. The van der Waals surface area contributed by atoms with Gasteiger partial charge < -0.3 is 15.8 Å². The molecule has 1 rings (SSSR count). The molecule has 0 bridgehead atoms. The third kappa shape index (κ3) is 5.30. The maximum atomic E-state index is 11.6. The van der Waals surface area contributed by atoms with E-state index >= 15 is 0 Å². The molecule has 1 aromatic rings. The quantitative estimate of drug-likeness (QED) is 0.791. The Morgan fingerprint density at radius 1 is 1.47 bits per heavy atom. The van der Waals surface area contributed by atoms with E-state index in [0.717, 1.165) is 23.3 Å². The van der Waals surface area contributed by atoms with Crippen molar-refractivity contribution in [3.63, 3.8) is 0 Å². The average molecular weight is 264 g/mol. The van der Waals surface area contributed by atoms with Crippen LogP contribution < -0.4 is 15.8 Å². The predicted octanol–water partition coefficient (Wildman–Crippen LogP) is 2.00. The van der Waals surface area contributed by atoms with Crippen LogP contribution in [0.25, 0.3) is 0 Å². The summed E-state index contributed by atoms with van der Waals surface area (Å²) in [4.78, 5) is 11.6. The van der Waals surface area contributed by atoms with E-state index in [1.165, 1.54) is 0 Å². The van der Waals surface area contributed by atoms with Gasteiger partial charge in [-0.05, 0) is 37.0 Å². The van der Waals surface area contributed by atoms with E-state index in [-0.39, 0.29) is 11.9 Å². The molecule has 0 fully saturated rings. The number of rotatable bonds is 7. The van der Waals surface area contributed by atoms with Gasteiger partial charge in [0.1, 0.15) is 5.75 Å². The van der Waals surface area contributed by atoms with Crippen LogP contribution in [0.4, 0.5) is 0 Å². The topological polar surface area (TPSA) is 64.4 Å². The second-order valence-corrected chi connectivity index (χ2v) is 4.79. The van der Waals surface area contributed by atoms with Crippen LogP contribution in [0.3, 0.4) is 0 Å². The van der Waals surface area contributed by atoms with Crippen LogP contribution in [0.2, 0.25) is 0 Å². The van der Waals surface area contributed by atoms with Gasteiger partial charge in [0, 0.05) is 19.0 Å². The van der Waals surface area contributed by atoms with Gasteiger partial charge in [-0.2, -0.15) is 0 Å². The van der Waals surface area contributed by atoms with Gasteiger partial charge in [0.05, 0.1) is 7.11 Å². The number of carbonyl (C=O) groups is 1. The van der Waals surface area contributed by atoms with E-state index in [2.05, 4.69) is 18.3 Å². The fraction of sp³-hybridized carbons (Fsp3) is 0.533. The Morgan fingerprint density at radius 3 is 2.79 bits per heavy atom. The highest BCUT2D eigenvalue weighted by atomic mass is 16.5. The number of amides is 1. The predicted molar refractivity (Wildman–Crippen MR) is 77.1 cm³/mol. The lowest BCUT2D eigenvalue weighted by Crippen LogP contribution is -2.25. The molecular formula is C15H24N2O2. The Labute approximate surface area is 115 Å². The minimum atomic E-state index is 0.0474. The van der Waals surface area contributed by atoms with Crippen LogP contribution in [0.15, 0.2) is 18.2 Å². The maximum absolute atomic E-state index is 11.6. The molecule has 3 N–H and O–H groups in total. The molecule has 1 amide bonds. The Bertz CT molecular complexity index is 417. The zero-order valence-corrected chi connectivity index (χ0v) is 12.0. The largest absolute Gasteiger partial charge is 0.496 e. The number of nitrogens with one attached hydrogen (secondary N) is 1. The Hall–Kier alpha value is -1.55. The molecule has 4 heteroatoms. The van der Waals surface area contributed by atoms with Crippen LogP contribution in [0, 0.1) is 0 Å². The summed E-state index contributed by atoms with van der Waals surface area (Å²) >= 11 is 0. The van der Waals surface area contributed by atoms with Crippen LogP contribution in [-0.2, 0) is 17.8 Å². The summed E-state index contributed by atoms with van der Waals surface area (Å²) in [5, 5.41) is 2.91. The smallest absolute Gasteiger partial charge is 0.220 e. The van der Waals surface area contributed by atoms with Crippen molar-refractivity contribution in [3.8, 4) is 5.75 Å². The molecule has 0 aliphatic heterocycles. The monoisotopic (exact) mass is 264 g/mol. The van der Waals surface area contributed by atoms with Gasteiger partial charge >= 0.3 is 0 Å². The minimum Gasteiger partial charge on any atom is -0.496 e. The average Bonchev–Trinajstić information content (AvgIpc) is 2.42. The molecule has 0 saturated heterocycles. The summed E-state index contributed by atoms with van der Waals surface area (Å²) in [5.74, 6) is 0.945. The molecule has 0 saturated carbocycles. The second-order valence-electron chi connectivity index (χ2n) is 4.79. The van der Waals surface area contributed by atoms with E-state index in [1.807, 2.05) is 19.1 Å². The lowest BCUT2D eigenvalue weighted by molar-refractivity contribution is -0.121. The molecule has 1 aromatic carbocycles. The number of aryl methyl sites for hydroxylation is 1. The summed E-state index contributed by atoms with van der Waals surface area (Å²) in [6.45, 7) is 4.54. The molecule has 106 valence electrons. The minimum absolute atomic E-state index is 0.0474. The standard InChI is InChI=1S/C15H24N2O2/c1-4-13-9-12(6-7-14(13)19-3)10-17-15(18)8-5-11(2)16/h6-7,9,11H,4-5,8,10,16H2,1-3H3,(H,17,18). The van der Waals surface area contributed by atoms with Crippen molar-refractivity contribution in [2.75, 3.05) is 7.11 Å². The van der Waals surface area contributed by atoms with E-state index < -0.39 is 0 Å². The van der Waals surface area contributed by atoms with Crippen LogP contribution in [0.5, 0.6) is 5.75 Å². The van der Waals surface area contributed by atoms with Crippen molar-refractivity contribution >= 4 is 5.91 Å². The lowest BCUT2D eigenvalue weighted by atomic mass is 10.1. The van der Waals surface area contributed by atoms with Crippen LogP contribution >= 0.6 is 0 Å². The molecule has 0 aliphatic carbocycles. The fourth-order valence-electron chi connectivity index (χ4n) is 1.87. The first-order valence-corrected chi connectivity index (χ1v) is 6.74. The first-order chi connectivity index (χ1) is 9.06. The normalized spacial score (nSPS) is 12.0. The van der Waals surface area contributed by atoms with E-state index in [0.29, 0.717) is 19.4 Å². The second kappa shape index (κ2) is 7.79. The van der Waals surface area contributed by atoms with Crippen molar-refractivity contribution in [3.05, 3.63) is 29.3 Å². The Kier molecular flexibility index (Phi) is 6.36. The number of hydrogen-bond acceptors (Lipinski definition) is 3. The first kappa shape index (κ1) is 15.5. The van der Waals surface area contributed by atoms with Gasteiger partial charge in [-0.25, -0.2) is 0 Å². The molecule has 0 aromatic heterocycles. The maximum Gasteiger partial charge on any atom is 0.220 e. The number of hydrogen-bond donors (Lipinski definition) is 2. The number of ether oxygens (including phenoxy) is 1. The van der Waals surface area contributed by atoms with Crippen molar-refractivity contribution in [2.45, 2.75) is 45.7 Å². The van der Waals surface area contributed by atoms with E-state index in [4.69, 9.17) is 10.5 Å². The summed E-state index contributed by atoms with van der Waals surface area (Å²) in [5.41, 5.74) is 7.87. The highest BCUT2D eigenvalue weighted by molar-refractivity contribution is 5.75. The van der Waals surface area contributed by atoms with Gasteiger partial charge in [-0.1, -0.05) is 19.1 Å². The van der Waals surface area contributed by atoms with Gasteiger partial charge in [-0.15, -0.1) is 0 Å². The highest BCUT2D eigenvalue weighted by Crippen LogP contribution is 2.20. The van der Waals surface area contributed by atoms with Gasteiger partial charge in [0.2, 0.25) is 5.91 Å². The zero-order valence-electron chi connectivity index (χ0n) is 12.0. The number of methoxy groups -OCH3 is 1. The number of nitrogens with two attached hydrogens (primary N) is 1. The van der Waals surface area contributed by atoms with Crippen molar-refractivity contribution < 1.29 is 9.53 Å². The first-order valence-electron chi connectivity index (χ1n) is 6.74. The molecule has 1 atom stereocenters. The molecule has 1 unspecified atom stereocenters. The third-order valence-corrected chi connectivity index (χ3v) is 3.04. The van der Waals surface area contributed by atoms with Crippen LogP contribution in [-0.4, -0.2) is 19.1 Å². The summed E-state index contributed by atoms with van der Waals surface area (Å²) < 4.78 is 5.28. The van der Waals surface area contributed by atoms with Gasteiger partial charge in [-0.3, -0.25) is 4.79 Å². The van der Waals surface area contributed by atoms with E-state index in [1.54, 1.807) is 7.11 Å². The van der Waals surface area contributed by atoms with Crippen molar-refractivity contribution in [1.29, 1.82) is 0 Å². The van der Waals surface area contributed by atoms with Crippen molar-refractivity contribution in [2.24, 2.45) is 5.73 Å². The molecule has 0 aliphatic rings. The molecule has 19 heavy (non-hydrogen) atoms. The summed E-state index contributed by atoms with van der Waals surface area (Å²) in [7, 11) is 1.67. The number of benzene rings is 1. The molecule has 0 heterocycles.